The molecule has 2 aromatic carbocycles. The molecule has 0 radical (unpaired) electrons. The van der Waals surface area contributed by atoms with E-state index in [-0.39, 0.29) is 0 Å². The minimum Gasteiger partial charge on any atom is -0.384 e. The van der Waals surface area contributed by atoms with Gasteiger partial charge < -0.3 is 11.1 Å². The molecule has 0 spiro atoms. The molecule has 0 unspecified atom stereocenters. The van der Waals surface area contributed by atoms with Crippen molar-refractivity contribution in [2.45, 2.75) is 6.42 Å². The molecule has 3 N–H and O–H groups in total. The number of hydrogen-bond acceptors (Lipinski definition) is 5. The van der Waals surface area contributed by atoms with Gasteiger partial charge in [0.15, 0.2) is 5.65 Å². The Labute approximate surface area is 139 Å². The van der Waals surface area contributed by atoms with Crippen molar-refractivity contribution in [3.05, 3.63) is 66.5 Å². The molecule has 0 amide bonds. The van der Waals surface area contributed by atoms with Gasteiger partial charge in [-0.25, -0.2) is 15.0 Å². The molecule has 5 heteroatoms. The van der Waals surface area contributed by atoms with Crippen LogP contribution in [0.5, 0.6) is 0 Å². The zero-order valence-corrected chi connectivity index (χ0v) is 13.1. The molecule has 0 saturated heterocycles. The van der Waals surface area contributed by atoms with Crippen molar-refractivity contribution in [2.75, 3.05) is 17.6 Å². The maximum atomic E-state index is 5.70. The Hall–Kier alpha value is -3.21. The van der Waals surface area contributed by atoms with Gasteiger partial charge in [0.2, 0.25) is 0 Å². The summed E-state index contributed by atoms with van der Waals surface area (Å²) in [6.45, 7) is 0.787. The fourth-order valence-corrected chi connectivity index (χ4v) is 2.82. The van der Waals surface area contributed by atoms with Crippen LogP contribution >= 0.6 is 0 Å². The smallest absolute Gasteiger partial charge is 0.166 e. The monoisotopic (exact) mass is 315 g/mol. The predicted octanol–water partition coefficient (Wildman–Crippen LogP) is 3.41. The van der Waals surface area contributed by atoms with Crippen molar-refractivity contribution in [3.8, 4) is 0 Å². The van der Waals surface area contributed by atoms with E-state index in [1.807, 2.05) is 6.07 Å². The average molecular weight is 315 g/mol. The lowest BCUT2D eigenvalue weighted by Gasteiger charge is -2.09. The topological polar surface area (TPSA) is 76.7 Å². The summed E-state index contributed by atoms with van der Waals surface area (Å²) in [5.41, 5.74) is 7.61. The van der Waals surface area contributed by atoms with Crippen molar-refractivity contribution in [2.24, 2.45) is 0 Å². The standard InChI is InChI=1S/C19H17N5/c20-17-8-7-16-18(22-12-23-19(16)24-17)21-10-9-13-5-6-14-3-1-2-4-15(14)11-13/h1-8,11-12H,9-10H2,(H3,20,21,22,23,24). The van der Waals surface area contributed by atoms with E-state index < -0.39 is 0 Å². The summed E-state index contributed by atoms with van der Waals surface area (Å²) in [6.07, 6.45) is 2.42. The molecule has 0 aliphatic rings. The Balaban J connectivity index is 1.50. The summed E-state index contributed by atoms with van der Waals surface area (Å²) >= 11 is 0. The molecule has 2 heterocycles. The van der Waals surface area contributed by atoms with E-state index in [4.69, 9.17) is 5.73 Å². The van der Waals surface area contributed by atoms with Crippen LogP contribution in [-0.4, -0.2) is 21.5 Å². The Bertz CT molecular complexity index is 1010. The number of nitrogens with two attached hydrogens (primary N) is 1. The minimum atomic E-state index is 0.461. The summed E-state index contributed by atoms with van der Waals surface area (Å²) in [4.78, 5) is 12.7. The van der Waals surface area contributed by atoms with Crippen LogP contribution in [0, 0.1) is 0 Å². The number of fused-ring (bicyclic) bond motifs is 2. The second kappa shape index (κ2) is 6.12. The van der Waals surface area contributed by atoms with Crippen LogP contribution in [0.2, 0.25) is 0 Å². The molecular weight excluding hydrogens is 298 g/mol. The number of hydrogen-bond donors (Lipinski definition) is 2. The van der Waals surface area contributed by atoms with Crippen LogP contribution in [0.25, 0.3) is 21.8 Å². The number of nitrogens with one attached hydrogen (secondary N) is 1. The first-order valence-electron chi connectivity index (χ1n) is 7.88. The Morgan fingerprint density at radius 1 is 0.917 bits per heavy atom. The Morgan fingerprint density at radius 3 is 2.71 bits per heavy atom. The highest BCUT2D eigenvalue weighted by Gasteiger charge is 2.05. The van der Waals surface area contributed by atoms with Crippen LogP contribution in [0.1, 0.15) is 5.56 Å². The first-order valence-corrected chi connectivity index (χ1v) is 7.88. The van der Waals surface area contributed by atoms with Crippen molar-refractivity contribution in [1.82, 2.24) is 15.0 Å². The second-order valence-corrected chi connectivity index (χ2v) is 5.69. The third kappa shape index (κ3) is 2.84. The largest absolute Gasteiger partial charge is 0.384 e. The number of nitrogen functional groups attached to an aromatic ring is 1. The van der Waals surface area contributed by atoms with E-state index in [1.165, 1.54) is 22.7 Å². The van der Waals surface area contributed by atoms with E-state index in [9.17, 15) is 0 Å². The van der Waals surface area contributed by atoms with Gasteiger partial charge in [0, 0.05) is 6.54 Å². The lowest BCUT2D eigenvalue weighted by Crippen LogP contribution is -2.07. The zero-order valence-electron chi connectivity index (χ0n) is 13.1. The fraction of sp³-hybridized carbons (Fsp3) is 0.105. The molecule has 4 rings (SSSR count). The SMILES string of the molecule is Nc1ccc2c(NCCc3ccc4ccccc4c3)ncnc2n1. The normalized spacial score (nSPS) is 11.0. The highest BCUT2D eigenvalue weighted by molar-refractivity contribution is 5.87. The molecule has 24 heavy (non-hydrogen) atoms. The molecule has 5 nitrogen and oxygen atoms in total. The van der Waals surface area contributed by atoms with Gasteiger partial charge in [-0.05, 0) is 34.9 Å². The summed E-state index contributed by atoms with van der Waals surface area (Å²) in [5.74, 6) is 1.25. The van der Waals surface area contributed by atoms with Crippen molar-refractivity contribution < 1.29 is 0 Å². The third-order valence-corrected chi connectivity index (χ3v) is 4.04. The molecule has 118 valence electrons. The summed E-state index contributed by atoms with van der Waals surface area (Å²) < 4.78 is 0. The third-order valence-electron chi connectivity index (χ3n) is 4.04. The fourth-order valence-electron chi connectivity index (χ4n) is 2.82. The van der Waals surface area contributed by atoms with Gasteiger partial charge >= 0.3 is 0 Å². The van der Waals surface area contributed by atoms with Gasteiger partial charge in [0.05, 0.1) is 5.39 Å². The van der Waals surface area contributed by atoms with Crippen LogP contribution in [0.15, 0.2) is 60.9 Å². The van der Waals surface area contributed by atoms with Crippen LogP contribution < -0.4 is 11.1 Å². The highest BCUT2D eigenvalue weighted by Crippen LogP contribution is 2.19. The number of benzene rings is 2. The zero-order chi connectivity index (χ0) is 16.4. The lowest BCUT2D eigenvalue weighted by atomic mass is 10.1. The van der Waals surface area contributed by atoms with Crippen molar-refractivity contribution in [3.63, 3.8) is 0 Å². The van der Waals surface area contributed by atoms with Crippen molar-refractivity contribution in [1.29, 1.82) is 0 Å². The molecule has 2 aromatic heterocycles. The number of anilines is 2. The average Bonchev–Trinajstić information content (AvgIpc) is 2.61. The van der Waals surface area contributed by atoms with Gasteiger partial charge in [-0.15, -0.1) is 0 Å². The van der Waals surface area contributed by atoms with E-state index in [1.54, 1.807) is 6.07 Å². The van der Waals surface area contributed by atoms with Crippen LogP contribution in [0.4, 0.5) is 11.6 Å². The van der Waals surface area contributed by atoms with Crippen LogP contribution in [0.3, 0.4) is 0 Å². The van der Waals surface area contributed by atoms with Gasteiger partial charge in [-0.1, -0.05) is 42.5 Å². The van der Waals surface area contributed by atoms with E-state index in [0.717, 1.165) is 24.2 Å². The molecule has 0 bridgehead atoms. The highest BCUT2D eigenvalue weighted by atomic mass is 15.0. The molecular formula is C19H17N5. The lowest BCUT2D eigenvalue weighted by molar-refractivity contribution is 1.01. The first-order chi connectivity index (χ1) is 11.8. The molecule has 0 fully saturated rings. The van der Waals surface area contributed by atoms with Gasteiger partial charge in [-0.3, -0.25) is 0 Å². The van der Waals surface area contributed by atoms with E-state index >= 15 is 0 Å². The molecule has 0 saturated carbocycles. The van der Waals surface area contributed by atoms with Gasteiger partial charge in [-0.2, -0.15) is 0 Å². The maximum absolute atomic E-state index is 5.70. The number of pyridine rings is 1. The van der Waals surface area contributed by atoms with E-state index in [2.05, 4.69) is 62.7 Å². The predicted molar refractivity (Wildman–Crippen MR) is 97.9 cm³/mol. The number of aromatic nitrogens is 3. The maximum Gasteiger partial charge on any atom is 0.166 e. The Kier molecular flexibility index (Phi) is 3.67. The molecule has 0 atom stereocenters. The second-order valence-electron chi connectivity index (χ2n) is 5.69. The van der Waals surface area contributed by atoms with Crippen LogP contribution in [-0.2, 0) is 6.42 Å². The Morgan fingerprint density at radius 2 is 1.79 bits per heavy atom. The summed E-state index contributed by atoms with van der Waals surface area (Å²) in [6, 6.07) is 18.6. The summed E-state index contributed by atoms with van der Waals surface area (Å²) in [7, 11) is 0. The molecule has 0 aliphatic heterocycles. The summed E-state index contributed by atoms with van der Waals surface area (Å²) in [5, 5.41) is 6.78. The first kappa shape index (κ1) is 14.4. The van der Waals surface area contributed by atoms with Crippen molar-refractivity contribution >= 4 is 33.4 Å². The molecule has 4 aromatic rings. The van der Waals surface area contributed by atoms with E-state index in [0.29, 0.717) is 11.5 Å². The minimum absolute atomic E-state index is 0.461. The quantitative estimate of drug-likeness (QED) is 0.603. The molecule has 0 aliphatic carbocycles. The number of rotatable bonds is 4. The van der Waals surface area contributed by atoms with Gasteiger partial charge in [0.25, 0.3) is 0 Å². The van der Waals surface area contributed by atoms with Gasteiger partial charge in [0.1, 0.15) is 18.0 Å². The number of nitrogens with zero attached hydrogens (tertiary/aromatic N) is 3.